The molecule has 0 fully saturated rings. The molecule has 1 amide bonds. The number of aliphatic imine (C=N–C) groups is 1. The molecule has 0 atom stereocenters. The highest BCUT2D eigenvalue weighted by Gasteiger charge is 2.14. The molecule has 0 aromatic carbocycles. The van der Waals surface area contributed by atoms with Crippen LogP contribution in [-0.2, 0) is 11.2 Å². The largest absolute Gasteiger partial charge is 0.465 e. The van der Waals surface area contributed by atoms with Gasteiger partial charge in [-0.3, -0.25) is 4.79 Å². The highest BCUT2D eigenvalue weighted by Crippen LogP contribution is 2.18. The first-order valence-electron chi connectivity index (χ1n) is 8.31. The number of nitrogens with one attached hydrogen (secondary N) is 1. The third kappa shape index (κ3) is 6.48. The van der Waals surface area contributed by atoms with Crippen molar-refractivity contribution in [2.75, 3.05) is 19.0 Å². The van der Waals surface area contributed by atoms with Crippen LogP contribution in [0, 0.1) is 17.3 Å². The summed E-state index contributed by atoms with van der Waals surface area (Å²) in [5.74, 6) is -1.30. The predicted molar refractivity (Wildman–Crippen MR) is 105 cm³/mol. The summed E-state index contributed by atoms with van der Waals surface area (Å²) in [4.78, 5) is 23.3. The normalized spacial score (nSPS) is 10.4. The molecule has 2 aromatic rings. The standard InChI is InChI=1S/C16H14ClFN6O2.C2H6/c1-21-16(20)26-3-2-10-5-11(8-23-14(10)18)24-15(25)13-12(17)4-9(6-19)7-22-13;1-2/h4-5,7-8H,2-3H2,1H3,(H2,20,21)(H,24,25);1-2H3. The van der Waals surface area contributed by atoms with Crippen LogP contribution in [0.1, 0.15) is 35.5 Å². The molecule has 148 valence electrons. The van der Waals surface area contributed by atoms with Gasteiger partial charge in [-0.1, -0.05) is 25.4 Å². The van der Waals surface area contributed by atoms with Gasteiger partial charge in [0, 0.05) is 25.2 Å². The molecule has 0 saturated heterocycles. The lowest BCUT2D eigenvalue weighted by Crippen LogP contribution is -2.18. The minimum Gasteiger partial charge on any atom is -0.465 e. The summed E-state index contributed by atoms with van der Waals surface area (Å²) in [7, 11) is 1.47. The molecule has 0 saturated carbocycles. The third-order valence-corrected chi connectivity index (χ3v) is 3.48. The molecule has 0 unspecified atom stereocenters. The number of nitrogens with two attached hydrogens (primary N) is 1. The molecule has 0 spiro atoms. The van der Waals surface area contributed by atoms with Crippen molar-refractivity contribution in [1.82, 2.24) is 9.97 Å². The number of hydrogen-bond acceptors (Lipinski definition) is 6. The van der Waals surface area contributed by atoms with E-state index in [-0.39, 0.29) is 46.6 Å². The van der Waals surface area contributed by atoms with E-state index in [4.69, 9.17) is 27.3 Å². The fourth-order valence-corrected chi connectivity index (χ4v) is 2.18. The summed E-state index contributed by atoms with van der Waals surface area (Å²) >= 11 is 5.95. The molecule has 2 heterocycles. The number of ether oxygens (including phenoxy) is 1. The average molecular weight is 407 g/mol. The zero-order valence-corrected chi connectivity index (χ0v) is 16.4. The second-order valence-corrected chi connectivity index (χ2v) is 5.36. The van der Waals surface area contributed by atoms with Gasteiger partial charge in [-0.25, -0.2) is 15.0 Å². The molecule has 2 rings (SSSR count). The van der Waals surface area contributed by atoms with Crippen LogP contribution in [0.25, 0.3) is 0 Å². The number of nitriles is 1. The van der Waals surface area contributed by atoms with Gasteiger partial charge in [0.25, 0.3) is 11.9 Å². The number of pyridine rings is 2. The van der Waals surface area contributed by atoms with E-state index in [2.05, 4.69) is 20.3 Å². The Bertz CT molecular complexity index is 898. The number of halogens is 2. The van der Waals surface area contributed by atoms with E-state index in [9.17, 15) is 9.18 Å². The fraction of sp³-hybridized carbons (Fsp3) is 0.278. The van der Waals surface area contributed by atoms with Crippen LogP contribution >= 0.6 is 11.6 Å². The number of amidine groups is 1. The van der Waals surface area contributed by atoms with E-state index < -0.39 is 11.9 Å². The maximum Gasteiger partial charge on any atom is 0.281 e. The molecule has 28 heavy (non-hydrogen) atoms. The summed E-state index contributed by atoms with van der Waals surface area (Å²) in [5.41, 5.74) is 6.04. The number of carbonyl (C=O) groups is 1. The molecule has 10 heteroatoms. The van der Waals surface area contributed by atoms with Gasteiger partial charge in [0.2, 0.25) is 5.95 Å². The first kappa shape index (κ1) is 22.8. The van der Waals surface area contributed by atoms with Gasteiger partial charge in [-0.15, -0.1) is 0 Å². The number of hydrogen-bond donors (Lipinski definition) is 2. The SMILES string of the molecule is CC.CN=C(N)OCCc1cc(NC(=O)c2ncc(C#N)cc2Cl)cnc1F. The van der Waals surface area contributed by atoms with Gasteiger partial charge >= 0.3 is 0 Å². The first-order valence-corrected chi connectivity index (χ1v) is 8.69. The Balaban J connectivity index is 0.00000190. The molecule has 3 N–H and O–H groups in total. The number of anilines is 1. The van der Waals surface area contributed by atoms with Crippen LogP contribution in [0.5, 0.6) is 0 Å². The summed E-state index contributed by atoms with van der Waals surface area (Å²) in [6.07, 6.45) is 2.57. The number of rotatable bonds is 5. The lowest BCUT2D eigenvalue weighted by atomic mass is 10.2. The van der Waals surface area contributed by atoms with Crippen molar-refractivity contribution >= 4 is 29.2 Å². The quantitative estimate of drug-likeness (QED) is 0.446. The van der Waals surface area contributed by atoms with Crippen LogP contribution in [0.4, 0.5) is 10.1 Å². The van der Waals surface area contributed by atoms with Crippen molar-refractivity contribution in [1.29, 1.82) is 5.26 Å². The van der Waals surface area contributed by atoms with Crippen molar-refractivity contribution in [3.8, 4) is 6.07 Å². The summed E-state index contributed by atoms with van der Waals surface area (Å²) in [6, 6.07) is 4.60. The van der Waals surface area contributed by atoms with Crippen molar-refractivity contribution in [3.63, 3.8) is 0 Å². The molecular formula is C18H20ClFN6O2. The minimum atomic E-state index is -0.687. The molecule has 0 aliphatic heterocycles. The van der Waals surface area contributed by atoms with Crippen LogP contribution in [-0.4, -0.2) is 35.6 Å². The number of carbonyl (C=O) groups excluding carboxylic acids is 1. The molecule has 0 bridgehead atoms. The Kier molecular flexibility index (Phi) is 9.33. The highest BCUT2D eigenvalue weighted by atomic mass is 35.5. The molecule has 2 aromatic heterocycles. The first-order chi connectivity index (χ1) is 13.4. The molecule has 8 nitrogen and oxygen atoms in total. The van der Waals surface area contributed by atoms with Gasteiger partial charge in [0.15, 0.2) is 0 Å². The van der Waals surface area contributed by atoms with Gasteiger partial charge in [-0.05, 0) is 12.1 Å². The van der Waals surface area contributed by atoms with Gasteiger partial charge < -0.3 is 15.8 Å². The van der Waals surface area contributed by atoms with E-state index >= 15 is 0 Å². The summed E-state index contributed by atoms with van der Waals surface area (Å²) < 4.78 is 18.8. The molecule has 0 aliphatic rings. The van der Waals surface area contributed by atoms with Crippen LogP contribution in [0.2, 0.25) is 5.02 Å². The third-order valence-electron chi connectivity index (χ3n) is 3.20. The van der Waals surface area contributed by atoms with Gasteiger partial charge in [-0.2, -0.15) is 9.65 Å². The van der Waals surface area contributed by atoms with Crippen LogP contribution < -0.4 is 11.1 Å². The highest BCUT2D eigenvalue weighted by molar-refractivity contribution is 6.34. The average Bonchev–Trinajstić information content (AvgIpc) is 2.71. The minimum absolute atomic E-state index is 0.00985. The van der Waals surface area contributed by atoms with E-state index in [1.807, 2.05) is 19.9 Å². The fourth-order valence-electron chi connectivity index (χ4n) is 1.92. The van der Waals surface area contributed by atoms with Gasteiger partial charge in [0.1, 0.15) is 11.8 Å². The summed E-state index contributed by atoms with van der Waals surface area (Å²) in [5, 5.41) is 11.3. The van der Waals surface area contributed by atoms with Crippen LogP contribution in [0.3, 0.4) is 0 Å². The number of amides is 1. The zero-order chi connectivity index (χ0) is 21.1. The van der Waals surface area contributed by atoms with E-state index in [1.165, 1.54) is 25.4 Å². The second-order valence-electron chi connectivity index (χ2n) is 4.95. The topological polar surface area (TPSA) is 126 Å². The lowest BCUT2D eigenvalue weighted by molar-refractivity contribution is 0.102. The van der Waals surface area contributed by atoms with Crippen molar-refractivity contribution in [3.05, 3.63) is 52.3 Å². The summed E-state index contributed by atoms with van der Waals surface area (Å²) in [6.45, 7) is 4.10. The Morgan fingerprint density at radius 3 is 2.71 bits per heavy atom. The van der Waals surface area contributed by atoms with Crippen molar-refractivity contribution in [2.45, 2.75) is 20.3 Å². The lowest BCUT2D eigenvalue weighted by Gasteiger charge is -2.09. The zero-order valence-electron chi connectivity index (χ0n) is 15.7. The maximum atomic E-state index is 13.8. The molecular weight excluding hydrogens is 387 g/mol. The van der Waals surface area contributed by atoms with Crippen molar-refractivity contribution < 1.29 is 13.9 Å². The smallest absolute Gasteiger partial charge is 0.281 e. The van der Waals surface area contributed by atoms with E-state index in [0.717, 1.165) is 6.20 Å². The monoisotopic (exact) mass is 406 g/mol. The Labute approximate surface area is 167 Å². The predicted octanol–water partition coefficient (Wildman–Crippen LogP) is 2.92. The second kappa shape index (κ2) is 11.5. The molecule has 0 radical (unpaired) electrons. The van der Waals surface area contributed by atoms with E-state index in [0.29, 0.717) is 0 Å². The Morgan fingerprint density at radius 1 is 1.39 bits per heavy atom. The van der Waals surface area contributed by atoms with E-state index in [1.54, 1.807) is 0 Å². The molecule has 0 aliphatic carbocycles. The number of aromatic nitrogens is 2. The van der Waals surface area contributed by atoms with Gasteiger partial charge in [0.05, 0.1) is 29.1 Å². The number of nitrogens with zero attached hydrogens (tertiary/aromatic N) is 4. The van der Waals surface area contributed by atoms with Crippen molar-refractivity contribution in [2.24, 2.45) is 10.7 Å². The Hall–Kier alpha value is -3.25. The Morgan fingerprint density at radius 2 is 2.11 bits per heavy atom. The maximum absolute atomic E-state index is 13.8. The van der Waals surface area contributed by atoms with Crippen LogP contribution in [0.15, 0.2) is 29.5 Å².